The fourth-order valence-electron chi connectivity index (χ4n) is 1.71. The molecule has 3 aromatic rings. The van der Waals surface area contributed by atoms with Crippen molar-refractivity contribution in [3.8, 4) is 11.1 Å². The summed E-state index contributed by atoms with van der Waals surface area (Å²) in [6.07, 6.45) is 3.71. The van der Waals surface area contributed by atoms with Gasteiger partial charge in [0.1, 0.15) is 3.70 Å². The highest BCUT2D eigenvalue weighted by Gasteiger charge is 2.08. The van der Waals surface area contributed by atoms with Crippen molar-refractivity contribution >= 4 is 39.8 Å². The minimum absolute atomic E-state index is 0.715. The first-order chi connectivity index (χ1) is 8.24. The van der Waals surface area contributed by atoms with E-state index in [0.29, 0.717) is 5.02 Å². The van der Waals surface area contributed by atoms with Crippen molar-refractivity contribution in [1.29, 1.82) is 0 Å². The zero-order valence-electron chi connectivity index (χ0n) is 8.64. The fourth-order valence-corrected chi connectivity index (χ4v) is 2.29. The van der Waals surface area contributed by atoms with Crippen LogP contribution in [0.25, 0.3) is 16.8 Å². The van der Waals surface area contributed by atoms with Crippen LogP contribution in [0.3, 0.4) is 0 Å². The highest BCUT2D eigenvalue weighted by atomic mass is 127. The van der Waals surface area contributed by atoms with E-state index < -0.39 is 0 Å². The van der Waals surface area contributed by atoms with Gasteiger partial charge in [-0.1, -0.05) is 23.7 Å². The van der Waals surface area contributed by atoms with Crippen molar-refractivity contribution in [2.75, 3.05) is 0 Å². The van der Waals surface area contributed by atoms with E-state index in [0.717, 1.165) is 20.5 Å². The molecule has 0 aliphatic carbocycles. The number of rotatable bonds is 1. The SMILES string of the molecule is Clc1cccc(-c2cnn3ccc(I)nc23)c1. The van der Waals surface area contributed by atoms with Crippen molar-refractivity contribution in [1.82, 2.24) is 14.6 Å². The lowest BCUT2D eigenvalue weighted by atomic mass is 10.1. The van der Waals surface area contributed by atoms with Crippen LogP contribution in [-0.4, -0.2) is 14.6 Å². The molecule has 17 heavy (non-hydrogen) atoms. The molecule has 0 aliphatic rings. The average molecular weight is 356 g/mol. The third-order valence-corrected chi connectivity index (χ3v) is 3.31. The molecule has 84 valence electrons. The first kappa shape index (κ1) is 11.0. The second-order valence-corrected chi connectivity index (χ2v) is 5.13. The third-order valence-electron chi connectivity index (χ3n) is 2.47. The molecule has 0 radical (unpaired) electrons. The van der Waals surface area contributed by atoms with Crippen LogP contribution in [0.1, 0.15) is 0 Å². The molecule has 0 atom stereocenters. The number of fused-ring (bicyclic) bond motifs is 1. The molecule has 0 amide bonds. The van der Waals surface area contributed by atoms with Gasteiger partial charge in [0.25, 0.3) is 0 Å². The molecule has 5 heteroatoms. The van der Waals surface area contributed by atoms with E-state index in [1.807, 2.05) is 42.7 Å². The smallest absolute Gasteiger partial charge is 0.163 e. The van der Waals surface area contributed by atoms with E-state index in [-0.39, 0.29) is 0 Å². The number of hydrogen-bond acceptors (Lipinski definition) is 2. The van der Waals surface area contributed by atoms with Crippen molar-refractivity contribution in [3.63, 3.8) is 0 Å². The maximum atomic E-state index is 6.00. The highest BCUT2D eigenvalue weighted by Crippen LogP contribution is 2.25. The summed E-state index contributed by atoms with van der Waals surface area (Å²) in [5.41, 5.74) is 2.87. The normalized spacial score (nSPS) is 10.9. The summed E-state index contributed by atoms with van der Waals surface area (Å²) in [5.74, 6) is 0. The van der Waals surface area contributed by atoms with Gasteiger partial charge in [0.2, 0.25) is 0 Å². The summed E-state index contributed by atoms with van der Waals surface area (Å²) in [4.78, 5) is 4.49. The van der Waals surface area contributed by atoms with E-state index >= 15 is 0 Å². The molecular weight excluding hydrogens is 349 g/mol. The second kappa shape index (κ2) is 4.27. The summed E-state index contributed by atoms with van der Waals surface area (Å²) in [6, 6.07) is 9.62. The Morgan fingerprint density at radius 2 is 2.12 bits per heavy atom. The lowest BCUT2D eigenvalue weighted by molar-refractivity contribution is 0.934. The van der Waals surface area contributed by atoms with Gasteiger partial charge in [-0.15, -0.1) is 0 Å². The van der Waals surface area contributed by atoms with E-state index in [4.69, 9.17) is 11.6 Å². The van der Waals surface area contributed by atoms with Crippen molar-refractivity contribution in [2.24, 2.45) is 0 Å². The van der Waals surface area contributed by atoms with Crippen LogP contribution >= 0.6 is 34.2 Å². The maximum Gasteiger partial charge on any atom is 0.163 e. The van der Waals surface area contributed by atoms with Crippen LogP contribution in [0.15, 0.2) is 42.7 Å². The molecule has 0 fully saturated rings. The summed E-state index contributed by atoms with van der Waals surface area (Å²) in [6.45, 7) is 0. The average Bonchev–Trinajstić information content (AvgIpc) is 2.71. The molecule has 3 nitrogen and oxygen atoms in total. The Hall–Kier alpha value is -1.14. The van der Waals surface area contributed by atoms with Crippen LogP contribution in [0.4, 0.5) is 0 Å². The summed E-state index contributed by atoms with van der Waals surface area (Å²) >= 11 is 8.18. The van der Waals surface area contributed by atoms with Crippen LogP contribution in [0.2, 0.25) is 5.02 Å². The van der Waals surface area contributed by atoms with Gasteiger partial charge in [0.15, 0.2) is 5.65 Å². The zero-order chi connectivity index (χ0) is 11.8. The topological polar surface area (TPSA) is 30.2 Å². The minimum Gasteiger partial charge on any atom is -0.222 e. The minimum atomic E-state index is 0.715. The molecular formula is C12H7ClIN3. The van der Waals surface area contributed by atoms with Gasteiger partial charge in [-0.05, 0) is 46.4 Å². The molecule has 0 spiro atoms. The van der Waals surface area contributed by atoms with E-state index in [2.05, 4.69) is 32.7 Å². The first-order valence-corrected chi connectivity index (χ1v) is 6.45. The second-order valence-electron chi connectivity index (χ2n) is 3.59. The Morgan fingerprint density at radius 1 is 1.24 bits per heavy atom. The number of halogens is 2. The van der Waals surface area contributed by atoms with Gasteiger partial charge in [-0.25, -0.2) is 9.50 Å². The summed E-state index contributed by atoms with van der Waals surface area (Å²) in [5, 5.41) is 4.99. The van der Waals surface area contributed by atoms with E-state index in [1.54, 1.807) is 4.52 Å². The fraction of sp³-hybridized carbons (Fsp3) is 0. The molecule has 0 saturated carbocycles. The molecule has 3 rings (SSSR count). The van der Waals surface area contributed by atoms with Crippen LogP contribution < -0.4 is 0 Å². The lowest BCUT2D eigenvalue weighted by Crippen LogP contribution is -1.91. The van der Waals surface area contributed by atoms with E-state index in [1.165, 1.54) is 0 Å². The summed E-state index contributed by atoms with van der Waals surface area (Å²) < 4.78 is 2.71. The Labute approximate surface area is 117 Å². The number of hydrogen-bond donors (Lipinski definition) is 0. The number of benzene rings is 1. The van der Waals surface area contributed by atoms with Gasteiger partial charge in [-0.2, -0.15) is 5.10 Å². The molecule has 0 aliphatic heterocycles. The zero-order valence-corrected chi connectivity index (χ0v) is 11.6. The van der Waals surface area contributed by atoms with Gasteiger partial charge in [0, 0.05) is 16.8 Å². The Morgan fingerprint density at radius 3 is 2.94 bits per heavy atom. The molecule has 2 aromatic heterocycles. The van der Waals surface area contributed by atoms with Gasteiger partial charge < -0.3 is 0 Å². The predicted molar refractivity (Wildman–Crippen MR) is 76.2 cm³/mol. The van der Waals surface area contributed by atoms with Crippen LogP contribution in [0.5, 0.6) is 0 Å². The van der Waals surface area contributed by atoms with Gasteiger partial charge in [0.05, 0.1) is 6.20 Å². The largest absolute Gasteiger partial charge is 0.222 e. The first-order valence-electron chi connectivity index (χ1n) is 5.00. The van der Waals surface area contributed by atoms with Crippen molar-refractivity contribution in [3.05, 3.63) is 51.4 Å². The Balaban J connectivity index is 2.27. The van der Waals surface area contributed by atoms with Crippen molar-refractivity contribution < 1.29 is 0 Å². The predicted octanol–water partition coefficient (Wildman–Crippen LogP) is 3.65. The quantitative estimate of drug-likeness (QED) is 0.493. The molecule has 0 N–H and O–H groups in total. The monoisotopic (exact) mass is 355 g/mol. The highest BCUT2D eigenvalue weighted by molar-refractivity contribution is 14.1. The third kappa shape index (κ3) is 2.02. The molecule has 0 bridgehead atoms. The summed E-state index contributed by atoms with van der Waals surface area (Å²) in [7, 11) is 0. The standard InChI is InChI=1S/C12H7ClIN3/c13-9-3-1-2-8(6-9)10-7-15-17-5-4-11(14)16-12(10)17/h1-7H. The Kier molecular flexibility index (Phi) is 2.76. The van der Waals surface area contributed by atoms with E-state index in [9.17, 15) is 0 Å². The van der Waals surface area contributed by atoms with Crippen LogP contribution in [-0.2, 0) is 0 Å². The van der Waals surface area contributed by atoms with Gasteiger partial charge >= 0.3 is 0 Å². The molecule has 0 unspecified atom stereocenters. The maximum absolute atomic E-state index is 6.00. The van der Waals surface area contributed by atoms with Gasteiger partial charge in [-0.3, -0.25) is 0 Å². The molecule has 1 aromatic carbocycles. The Bertz CT molecular complexity index is 693. The number of nitrogens with zero attached hydrogens (tertiary/aromatic N) is 3. The molecule has 0 saturated heterocycles. The lowest BCUT2D eigenvalue weighted by Gasteiger charge is -1.99. The number of aromatic nitrogens is 3. The molecule has 2 heterocycles. The van der Waals surface area contributed by atoms with Crippen molar-refractivity contribution in [2.45, 2.75) is 0 Å². The van der Waals surface area contributed by atoms with Crippen LogP contribution in [0, 0.1) is 3.70 Å².